The lowest BCUT2D eigenvalue weighted by molar-refractivity contribution is -0.130. The molecule has 0 aromatic carbocycles. The molecule has 0 aromatic heterocycles. The number of amides is 3. The Labute approximate surface area is 82.4 Å². The minimum atomic E-state index is -0.267. The summed E-state index contributed by atoms with van der Waals surface area (Å²) in [6, 6.07) is -0.129. The molecule has 0 spiro atoms. The largest absolute Gasteiger partial charge is 0.379 e. The molecule has 2 rings (SSSR count). The Morgan fingerprint density at radius 1 is 1.43 bits per heavy atom. The Bertz CT molecular complexity index is 263. The van der Waals surface area contributed by atoms with Gasteiger partial charge in [0.15, 0.2) is 0 Å². The van der Waals surface area contributed by atoms with Crippen molar-refractivity contribution in [3.63, 3.8) is 0 Å². The molecule has 2 aliphatic rings. The van der Waals surface area contributed by atoms with E-state index in [1.165, 1.54) is 4.90 Å². The molecular formula is C9H14N2O3. The van der Waals surface area contributed by atoms with Gasteiger partial charge in [0.2, 0.25) is 5.91 Å². The number of imide groups is 1. The molecule has 1 heterocycles. The van der Waals surface area contributed by atoms with Crippen molar-refractivity contribution in [3.05, 3.63) is 0 Å². The van der Waals surface area contributed by atoms with Crippen LogP contribution in [0.1, 0.15) is 19.3 Å². The lowest BCUT2D eigenvalue weighted by Gasteiger charge is -2.16. The monoisotopic (exact) mass is 198 g/mol. The van der Waals surface area contributed by atoms with Crippen LogP contribution in [-0.2, 0) is 9.53 Å². The third kappa shape index (κ3) is 1.72. The van der Waals surface area contributed by atoms with Gasteiger partial charge < -0.3 is 10.1 Å². The summed E-state index contributed by atoms with van der Waals surface area (Å²) in [4.78, 5) is 24.5. The maximum absolute atomic E-state index is 11.7. The Hall–Kier alpha value is -1.10. The van der Waals surface area contributed by atoms with E-state index in [2.05, 4.69) is 5.32 Å². The highest BCUT2D eigenvalue weighted by molar-refractivity contribution is 5.96. The number of carbonyl (C=O) groups excluding carboxylic acids is 2. The molecule has 0 bridgehead atoms. The quantitative estimate of drug-likeness (QED) is 0.685. The first kappa shape index (κ1) is 9.45. The first-order valence-electron chi connectivity index (χ1n) is 4.85. The molecule has 3 amide bonds. The fourth-order valence-electron chi connectivity index (χ4n) is 1.63. The van der Waals surface area contributed by atoms with Gasteiger partial charge in [0.05, 0.1) is 12.5 Å². The summed E-state index contributed by atoms with van der Waals surface area (Å²) in [6.45, 7) is 0.421. The highest BCUT2D eigenvalue weighted by Gasteiger charge is 2.39. The lowest BCUT2D eigenvalue weighted by Crippen LogP contribution is -2.42. The van der Waals surface area contributed by atoms with E-state index in [4.69, 9.17) is 4.74 Å². The number of nitrogens with one attached hydrogen (secondary N) is 1. The maximum atomic E-state index is 11.7. The molecule has 1 aliphatic carbocycles. The zero-order chi connectivity index (χ0) is 10.1. The van der Waals surface area contributed by atoms with E-state index in [-0.39, 0.29) is 24.1 Å². The highest BCUT2D eigenvalue weighted by atomic mass is 16.5. The third-order valence-corrected chi connectivity index (χ3v) is 2.62. The van der Waals surface area contributed by atoms with Crippen LogP contribution in [0.25, 0.3) is 0 Å². The number of urea groups is 1. The third-order valence-electron chi connectivity index (χ3n) is 2.62. The summed E-state index contributed by atoms with van der Waals surface area (Å²) >= 11 is 0. The molecule has 1 saturated heterocycles. The molecule has 0 radical (unpaired) electrons. The predicted molar refractivity (Wildman–Crippen MR) is 48.7 cm³/mol. The Morgan fingerprint density at radius 3 is 2.71 bits per heavy atom. The van der Waals surface area contributed by atoms with E-state index < -0.39 is 0 Å². The summed E-state index contributed by atoms with van der Waals surface area (Å²) < 4.78 is 5.08. The molecule has 14 heavy (non-hydrogen) atoms. The Kier molecular flexibility index (Phi) is 2.41. The van der Waals surface area contributed by atoms with Gasteiger partial charge in [-0.25, -0.2) is 4.79 Å². The van der Waals surface area contributed by atoms with Gasteiger partial charge in [-0.1, -0.05) is 0 Å². The van der Waals surface area contributed by atoms with Crippen LogP contribution in [0.15, 0.2) is 0 Å². The van der Waals surface area contributed by atoms with Crippen LogP contribution in [0.3, 0.4) is 0 Å². The van der Waals surface area contributed by atoms with Gasteiger partial charge in [-0.3, -0.25) is 9.69 Å². The second-order valence-electron chi connectivity index (χ2n) is 3.74. The number of carbonyl (C=O) groups is 2. The number of methoxy groups -OCH3 is 1. The smallest absolute Gasteiger partial charge is 0.324 e. The summed E-state index contributed by atoms with van der Waals surface area (Å²) in [5.74, 6) is -0.116. The number of nitrogens with zero attached hydrogens (tertiary/aromatic N) is 1. The second kappa shape index (κ2) is 3.57. The second-order valence-corrected chi connectivity index (χ2v) is 3.74. The number of hydrogen-bond acceptors (Lipinski definition) is 3. The summed E-state index contributed by atoms with van der Waals surface area (Å²) in [6.07, 6.45) is 1.99. The molecule has 5 nitrogen and oxygen atoms in total. The molecule has 5 heteroatoms. The van der Waals surface area contributed by atoms with E-state index >= 15 is 0 Å². The topological polar surface area (TPSA) is 58.6 Å². The first-order chi connectivity index (χ1) is 6.72. The van der Waals surface area contributed by atoms with Crippen LogP contribution in [0, 0.1) is 0 Å². The minimum Gasteiger partial charge on any atom is -0.379 e. The van der Waals surface area contributed by atoms with E-state index in [1.54, 1.807) is 7.11 Å². The standard InChI is InChI=1S/C9H14N2O3/c1-14-7-4-8(12)11(6-2-3-6)9(13)10-5-7/h6-7H,2-5H2,1H3,(H,10,13). The van der Waals surface area contributed by atoms with Gasteiger partial charge in [-0.15, -0.1) is 0 Å². The molecule has 2 fully saturated rings. The van der Waals surface area contributed by atoms with Crippen molar-refractivity contribution in [2.75, 3.05) is 13.7 Å². The lowest BCUT2D eigenvalue weighted by atomic mass is 10.2. The van der Waals surface area contributed by atoms with E-state index in [1.807, 2.05) is 0 Å². The summed E-state index contributed by atoms with van der Waals surface area (Å²) in [5.41, 5.74) is 0. The van der Waals surface area contributed by atoms with Gasteiger partial charge in [0.1, 0.15) is 0 Å². The summed E-state index contributed by atoms with van der Waals surface area (Å²) in [7, 11) is 1.55. The highest BCUT2D eigenvalue weighted by Crippen LogP contribution is 2.28. The van der Waals surface area contributed by atoms with Gasteiger partial charge in [0, 0.05) is 19.7 Å². The normalized spacial score (nSPS) is 28.6. The van der Waals surface area contributed by atoms with E-state index in [0.29, 0.717) is 13.0 Å². The molecule has 1 aliphatic heterocycles. The molecular weight excluding hydrogens is 184 g/mol. The average Bonchev–Trinajstić information content (AvgIpc) is 2.95. The Balaban J connectivity index is 2.08. The maximum Gasteiger partial charge on any atom is 0.324 e. The zero-order valence-corrected chi connectivity index (χ0v) is 8.16. The van der Waals surface area contributed by atoms with Crippen molar-refractivity contribution in [1.82, 2.24) is 10.2 Å². The fourth-order valence-corrected chi connectivity index (χ4v) is 1.63. The fraction of sp³-hybridized carbons (Fsp3) is 0.778. The molecule has 1 unspecified atom stereocenters. The van der Waals surface area contributed by atoms with Crippen LogP contribution in [0.2, 0.25) is 0 Å². The average molecular weight is 198 g/mol. The number of hydrogen-bond donors (Lipinski definition) is 1. The van der Waals surface area contributed by atoms with Crippen LogP contribution in [0.5, 0.6) is 0 Å². The molecule has 0 aromatic rings. The van der Waals surface area contributed by atoms with Crippen molar-refractivity contribution in [1.29, 1.82) is 0 Å². The van der Waals surface area contributed by atoms with Crippen molar-refractivity contribution < 1.29 is 14.3 Å². The van der Waals surface area contributed by atoms with Gasteiger partial charge in [-0.2, -0.15) is 0 Å². The zero-order valence-electron chi connectivity index (χ0n) is 8.16. The van der Waals surface area contributed by atoms with Crippen LogP contribution >= 0.6 is 0 Å². The van der Waals surface area contributed by atoms with Gasteiger partial charge in [-0.05, 0) is 12.8 Å². The summed E-state index contributed by atoms with van der Waals surface area (Å²) in [5, 5.41) is 2.69. The molecule has 1 saturated carbocycles. The first-order valence-corrected chi connectivity index (χ1v) is 4.85. The van der Waals surface area contributed by atoms with Crippen LogP contribution in [0.4, 0.5) is 4.79 Å². The minimum absolute atomic E-state index is 0.116. The van der Waals surface area contributed by atoms with Crippen molar-refractivity contribution in [3.8, 4) is 0 Å². The molecule has 78 valence electrons. The van der Waals surface area contributed by atoms with Crippen LogP contribution < -0.4 is 5.32 Å². The van der Waals surface area contributed by atoms with Crippen molar-refractivity contribution in [2.45, 2.75) is 31.4 Å². The number of rotatable bonds is 2. The molecule has 1 atom stereocenters. The molecule has 1 N–H and O–H groups in total. The number of ether oxygens (including phenoxy) is 1. The van der Waals surface area contributed by atoms with Crippen LogP contribution in [-0.4, -0.2) is 42.6 Å². The van der Waals surface area contributed by atoms with Crippen molar-refractivity contribution >= 4 is 11.9 Å². The predicted octanol–water partition coefficient (Wildman–Crippen LogP) is 0.106. The Morgan fingerprint density at radius 2 is 2.14 bits per heavy atom. The van der Waals surface area contributed by atoms with E-state index in [0.717, 1.165) is 12.8 Å². The van der Waals surface area contributed by atoms with Gasteiger partial charge in [0.25, 0.3) is 0 Å². The van der Waals surface area contributed by atoms with Gasteiger partial charge >= 0.3 is 6.03 Å². The SMILES string of the molecule is COC1CNC(=O)N(C2CC2)C(=O)C1. The van der Waals surface area contributed by atoms with Crippen molar-refractivity contribution in [2.24, 2.45) is 0 Å². The van der Waals surface area contributed by atoms with E-state index in [9.17, 15) is 9.59 Å².